The summed E-state index contributed by atoms with van der Waals surface area (Å²) in [7, 11) is 7.95. The molecule has 0 fully saturated rings. The lowest BCUT2D eigenvalue weighted by atomic mass is 9.98. The molecule has 0 bridgehead atoms. The summed E-state index contributed by atoms with van der Waals surface area (Å²) in [6.07, 6.45) is 0.687. The third kappa shape index (κ3) is 5.16. The molecule has 25 heavy (non-hydrogen) atoms. The van der Waals surface area contributed by atoms with Gasteiger partial charge in [-0.05, 0) is 41.8 Å². The van der Waals surface area contributed by atoms with E-state index >= 15 is 0 Å². The van der Waals surface area contributed by atoms with Crippen molar-refractivity contribution >= 4 is 30.0 Å². The van der Waals surface area contributed by atoms with E-state index in [2.05, 4.69) is 41.8 Å². The van der Waals surface area contributed by atoms with Crippen molar-refractivity contribution in [1.29, 1.82) is 0 Å². The second-order valence-corrected chi connectivity index (χ2v) is 6.78. The first kappa shape index (κ1) is 19.2. The smallest absolute Gasteiger partial charge is 0.338 e. The summed E-state index contributed by atoms with van der Waals surface area (Å²) >= 11 is 4.10. The molecule has 2 aromatic rings. The lowest BCUT2D eigenvalue weighted by molar-refractivity contribution is 0.0529. The van der Waals surface area contributed by atoms with Crippen molar-refractivity contribution in [3.63, 3.8) is 0 Å². The standard InChI is InChI=1S/C20H26N2O2S/c1-21(2)17-8-5-15(6-9-17)13-16-7-10-18(22(3)4)14-19(16)20(23)24-11-12-25/h5-10,14,25H,11-13H2,1-4H3. The van der Waals surface area contributed by atoms with Crippen LogP contribution in [0.15, 0.2) is 42.5 Å². The summed E-state index contributed by atoms with van der Waals surface area (Å²) in [4.78, 5) is 16.5. The van der Waals surface area contributed by atoms with Crippen LogP contribution in [0.3, 0.4) is 0 Å². The van der Waals surface area contributed by atoms with E-state index in [0.717, 1.165) is 22.5 Å². The molecule has 0 amide bonds. The van der Waals surface area contributed by atoms with Crippen molar-refractivity contribution in [2.45, 2.75) is 6.42 Å². The molecule has 0 aliphatic rings. The predicted molar refractivity (Wildman–Crippen MR) is 108 cm³/mol. The van der Waals surface area contributed by atoms with Crippen LogP contribution in [0.25, 0.3) is 0 Å². The lowest BCUT2D eigenvalue weighted by Gasteiger charge is -2.17. The monoisotopic (exact) mass is 358 g/mol. The van der Waals surface area contributed by atoms with E-state index in [1.807, 2.05) is 51.3 Å². The first-order chi connectivity index (χ1) is 11.9. The number of carbonyl (C=O) groups is 1. The Kier molecular flexibility index (Phi) is 6.76. The first-order valence-corrected chi connectivity index (χ1v) is 8.90. The molecule has 0 saturated carbocycles. The molecule has 2 rings (SSSR count). The summed E-state index contributed by atoms with van der Waals surface area (Å²) in [6.45, 7) is 0.311. The number of anilines is 2. The molecule has 0 aliphatic heterocycles. The molecule has 2 aromatic carbocycles. The van der Waals surface area contributed by atoms with Gasteiger partial charge in [-0.15, -0.1) is 0 Å². The van der Waals surface area contributed by atoms with Gasteiger partial charge in [-0.1, -0.05) is 18.2 Å². The Morgan fingerprint density at radius 3 is 2.12 bits per heavy atom. The Morgan fingerprint density at radius 2 is 1.56 bits per heavy atom. The van der Waals surface area contributed by atoms with Crippen LogP contribution in [0.2, 0.25) is 0 Å². The van der Waals surface area contributed by atoms with Crippen molar-refractivity contribution in [1.82, 2.24) is 0 Å². The van der Waals surface area contributed by atoms with Gasteiger partial charge in [0.05, 0.1) is 5.56 Å². The van der Waals surface area contributed by atoms with Crippen molar-refractivity contribution < 1.29 is 9.53 Å². The van der Waals surface area contributed by atoms with Gasteiger partial charge in [-0.3, -0.25) is 0 Å². The molecule has 0 saturated heterocycles. The molecule has 0 aliphatic carbocycles. The number of benzene rings is 2. The molecule has 4 nitrogen and oxygen atoms in total. The lowest BCUT2D eigenvalue weighted by Crippen LogP contribution is -2.14. The van der Waals surface area contributed by atoms with Crippen LogP contribution < -0.4 is 9.80 Å². The number of thiol groups is 1. The fourth-order valence-electron chi connectivity index (χ4n) is 2.53. The highest BCUT2D eigenvalue weighted by atomic mass is 32.1. The van der Waals surface area contributed by atoms with Gasteiger partial charge in [-0.25, -0.2) is 4.79 Å². The minimum absolute atomic E-state index is 0.294. The zero-order valence-corrected chi connectivity index (χ0v) is 16.2. The summed E-state index contributed by atoms with van der Waals surface area (Å²) in [5.41, 5.74) is 4.87. The highest BCUT2D eigenvalue weighted by Crippen LogP contribution is 2.23. The van der Waals surface area contributed by atoms with E-state index in [1.54, 1.807) is 0 Å². The van der Waals surface area contributed by atoms with Gasteiger partial charge >= 0.3 is 5.97 Å². The normalized spacial score (nSPS) is 10.4. The van der Waals surface area contributed by atoms with Crippen LogP contribution >= 0.6 is 12.6 Å². The molecule has 0 aromatic heterocycles. The highest BCUT2D eigenvalue weighted by molar-refractivity contribution is 7.80. The summed E-state index contributed by atoms with van der Waals surface area (Å²) < 4.78 is 5.30. The summed E-state index contributed by atoms with van der Waals surface area (Å²) in [5.74, 6) is 0.220. The minimum Gasteiger partial charge on any atom is -0.461 e. The summed E-state index contributed by atoms with van der Waals surface area (Å²) in [5, 5.41) is 0. The third-order valence-electron chi connectivity index (χ3n) is 4.00. The van der Waals surface area contributed by atoms with Gasteiger partial charge in [0.25, 0.3) is 0 Å². The molecule has 0 spiro atoms. The molecular formula is C20H26N2O2S. The van der Waals surface area contributed by atoms with E-state index in [0.29, 0.717) is 24.3 Å². The van der Waals surface area contributed by atoms with Crippen molar-refractivity contribution in [3.8, 4) is 0 Å². The van der Waals surface area contributed by atoms with Gasteiger partial charge in [0.1, 0.15) is 6.61 Å². The SMILES string of the molecule is CN(C)c1ccc(Cc2ccc(N(C)C)cc2C(=O)OCCS)cc1. The number of hydrogen-bond donors (Lipinski definition) is 1. The second-order valence-electron chi connectivity index (χ2n) is 6.33. The average Bonchev–Trinajstić information content (AvgIpc) is 2.60. The van der Waals surface area contributed by atoms with Gasteiger partial charge in [0, 0.05) is 45.3 Å². The number of nitrogens with zero attached hydrogens (tertiary/aromatic N) is 2. The maximum Gasteiger partial charge on any atom is 0.338 e. The van der Waals surface area contributed by atoms with Crippen LogP contribution in [0.4, 0.5) is 11.4 Å². The molecule has 5 heteroatoms. The molecule has 0 heterocycles. The average molecular weight is 359 g/mol. The fraction of sp³-hybridized carbons (Fsp3) is 0.350. The predicted octanol–water partition coefficient (Wildman–Crippen LogP) is 3.50. The van der Waals surface area contributed by atoms with Gasteiger partial charge in [0.2, 0.25) is 0 Å². The van der Waals surface area contributed by atoms with Crippen molar-refractivity contribution in [3.05, 3.63) is 59.2 Å². The van der Waals surface area contributed by atoms with Crippen LogP contribution in [0, 0.1) is 0 Å². The van der Waals surface area contributed by atoms with E-state index in [1.165, 1.54) is 0 Å². The van der Waals surface area contributed by atoms with Crippen LogP contribution in [0.5, 0.6) is 0 Å². The number of carbonyl (C=O) groups excluding carboxylic acids is 1. The fourth-order valence-corrected chi connectivity index (χ4v) is 2.63. The molecule has 0 atom stereocenters. The van der Waals surface area contributed by atoms with Crippen LogP contribution in [-0.2, 0) is 11.2 Å². The molecular weight excluding hydrogens is 332 g/mol. The van der Waals surface area contributed by atoms with Gasteiger partial charge in [0.15, 0.2) is 0 Å². The van der Waals surface area contributed by atoms with Crippen LogP contribution in [0.1, 0.15) is 21.5 Å². The second kappa shape index (κ2) is 8.81. The first-order valence-electron chi connectivity index (χ1n) is 8.27. The Hall–Kier alpha value is -2.14. The van der Waals surface area contributed by atoms with Gasteiger partial charge < -0.3 is 14.5 Å². The maximum atomic E-state index is 12.5. The molecule has 0 radical (unpaired) electrons. The largest absolute Gasteiger partial charge is 0.461 e. The zero-order chi connectivity index (χ0) is 18.4. The zero-order valence-electron chi connectivity index (χ0n) is 15.3. The van der Waals surface area contributed by atoms with Gasteiger partial charge in [-0.2, -0.15) is 12.6 Å². The molecule has 134 valence electrons. The number of rotatable bonds is 7. The summed E-state index contributed by atoms with van der Waals surface area (Å²) in [6, 6.07) is 14.3. The van der Waals surface area contributed by atoms with E-state index in [-0.39, 0.29) is 5.97 Å². The Morgan fingerprint density at radius 1 is 0.960 bits per heavy atom. The topological polar surface area (TPSA) is 32.8 Å². The highest BCUT2D eigenvalue weighted by Gasteiger charge is 2.15. The third-order valence-corrected chi connectivity index (χ3v) is 4.18. The number of esters is 1. The van der Waals surface area contributed by atoms with E-state index in [4.69, 9.17) is 4.74 Å². The Bertz CT molecular complexity index is 712. The van der Waals surface area contributed by atoms with Crippen LogP contribution in [-0.4, -0.2) is 46.5 Å². The quantitative estimate of drug-likeness (QED) is 0.607. The Labute approximate surface area is 155 Å². The van der Waals surface area contributed by atoms with Crippen molar-refractivity contribution in [2.75, 3.05) is 50.4 Å². The van der Waals surface area contributed by atoms with E-state index in [9.17, 15) is 4.79 Å². The van der Waals surface area contributed by atoms with E-state index < -0.39 is 0 Å². The van der Waals surface area contributed by atoms with Crippen molar-refractivity contribution in [2.24, 2.45) is 0 Å². The number of hydrogen-bond acceptors (Lipinski definition) is 5. The minimum atomic E-state index is -0.294. The maximum absolute atomic E-state index is 12.5. The number of ether oxygens (including phenoxy) is 1. The Balaban J connectivity index is 2.30. The molecule has 0 unspecified atom stereocenters. The molecule has 0 N–H and O–H groups in total.